The van der Waals surface area contributed by atoms with Gasteiger partial charge in [0.05, 0.1) is 0 Å². The lowest BCUT2D eigenvalue weighted by Crippen LogP contribution is -1.96. The van der Waals surface area contributed by atoms with E-state index in [1.807, 2.05) is 42.5 Å². The summed E-state index contributed by atoms with van der Waals surface area (Å²) in [5.41, 5.74) is 3.18. The molecule has 0 aromatic heterocycles. The van der Waals surface area contributed by atoms with Gasteiger partial charge in [0, 0.05) is 5.56 Å². The second-order valence-corrected chi connectivity index (χ2v) is 3.50. The molecule has 0 aliphatic carbocycles. The highest BCUT2D eigenvalue weighted by molar-refractivity contribution is 6.62. The molecule has 15 heavy (non-hydrogen) atoms. The minimum Gasteiger partial charge on any atom is -0.307 e. The first kappa shape index (κ1) is 9.72. The first-order valence-corrected chi connectivity index (χ1v) is 4.94. The number of carbonyl (C=O) groups is 1. The lowest BCUT2D eigenvalue weighted by atomic mass is 9.93. The van der Waals surface area contributed by atoms with Crippen LogP contribution in [0.3, 0.4) is 0 Å². The van der Waals surface area contributed by atoms with Crippen LogP contribution in [-0.2, 0) is 0 Å². The summed E-state index contributed by atoms with van der Waals surface area (Å²) < 4.78 is 0. The van der Waals surface area contributed by atoms with Crippen molar-refractivity contribution in [3.63, 3.8) is 0 Å². The minimum absolute atomic E-state index is 0.106. The van der Waals surface area contributed by atoms with Gasteiger partial charge in [0.15, 0.2) is 7.85 Å². The minimum atomic E-state index is 0.106. The van der Waals surface area contributed by atoms with Gasteiger partial charge in [0.1, 0.15) is 5.68 Å². The van der Waals surface area contributed by atoms with Gasteiger partial charge < -0.3 is 4.79 Å². The maximum absolute atomic E-state index is 11.1. The van der Waals surface area contributed by atoms with Crippen molar-refractivity contribution in [2.45, 2.75) is 0 Å². The molecule has 0 atom stereocenters. The lowest BCUT2D eigenvalue weighted by molar-refractivity contribution is 0.108. The van der Waals surface area contributed by atoms with Crippen LogP contribution < -0.4 is 0 Å². The highest BCUT2D eigenvalue weighted by Crippen LogP contribution is 2.18. The quantitative estimate of drug-likeness (QED) is 0.669. The first-order chi connectivity index (χ1) is 7.27. The van der Waals surface area contributed by atoms with Crippen molar-refractivity contribution in [2.24, 2.45) is 0 Å². The summed E-state index contributed by atoms with van der Waals surface area (Å²) in [4.78, 5) is 11.1. The van der Waals surface area contributed by atoms with Gasteiger partial charge in [-0.25, -0.2) is 0 Å². The van der Waals surface area contributed by atoms with E-state index in [9.17, 15) is 4.79 Å². The molecule has 0 N–H and O–H groups in total. The number of hydrogen-bond acceptors (Lipinski definition) is 1. The second kappa shape index (κ2) is 4.14. The zero-order valence-corrected chi connectivity index (χ0v) is 8.60. The standard InChI is InChI=1S/C13H11BO/c14-13(15)12-8-6-11(7-9-12)10-4-2-1-3-5-10/h1-9H,14H2. The van der Waals surface area contributed by atoms with Gasteiger partial charge in [0.25, 0.3) is 0 Å². The van der Waals surface area contributed by atoms with E-state index in [1.54, 1.807) is 7.85 Å². The molecule has 0 aliphatic heterocycles. The molecule has 0 saturated heterocycles. The largest absolute Gasteiger partial charge is 0.307 e. The molecular weight excluding hydrogens is 183 g/mol. The molecule has 2 heteroatoms. The van der Waals surface area contributed by atoms with E-state index in [-0.39, 0.29) is 5.68 Å². The molecule has 0 unspecified atom stereocenters. The Bertz CT molecular complexity index is 460. The van der Waals surface area contributed by atoms with Crippen molar-refractivity contribution < 1.29 is 4.79 Å². The number of benzene rings is 2. The Morgan fingerprint density at radius 2 is 1.33 bits per heavy atom. The van der Waals surface area contributed by atoms with Gasteiger partial charge in [-0.2, -0.15) is 0 Å². The molecule has 0 saturated carbocycles. The van der Waals surface area contributed by atoms with Crippen molar-refractivity contribution in [2.75, 3.05) is 0 Å². The van der Waals surface area contributed by atoms with Crippen LogP contribution in [0, 0.1) is 0 Å². The van der Waals surface area contributed by atoms with E-state index >= 15 is 0 Å². The van der Waals surface area contributed by atoms with Crippen LogP contribution in [0.2, 0.25) is 0 Å². The highest BCUT2D eigenvalue weighted by atomic mass is 16.1. The summed E-state index contributed by atoms with van der Waals surface area (Å²) in [5.74, 6) is 0. The van der Waals surface area contributed by atoms with Gasteiger partial charge in [-0.15, -0.1) is 0 Å². The van der Waals surface area contributed by atoms with Crippen LogP contribution in [0.5, 0.6) is 0 Å². The summed E-state index contributed by atoms with van der Waals surface area (Å²) in [6.45, 7) is 0. The first-order valence-electron chi connectivity index (χ1n) is 4.94. The molecule has 72 valence electrons. The van der Waals surface area contributed by atoms with Gasteiger partial charge in [-0.1, -0.05) is 54.6 Å². The molecule has 2 rings (SSSR count). The van der Waals surface area contributed by atoms with Gasteiger partial charge in [0.2, 0.25) is 0 Å². The molecule has 2 aromatic carbocycles. The predicted molar refractivity (Wildman–Crippen MR) is 64.8 cm³/mol. The average molecular weight is 194 g/mol. The van der Waals surface area contributed by atoms with Crippen LogP contribution in [0.15, 0.2) is 54.6 Å². The fraction of sp³-hybridized carbons (Fsp3) is 0. The third-order valence-corrected chi connectivity index (χ3v) is 2.40. The normalized spacial score (nSPS) is 9.87. The monoisotopic (exact) mass is 194 g/mol. The molecule has 0 bridgehead atoms. The van der Waals surface area contributed by atoms with Crippen molar-refractivity contribution in [3.8, 4) is 11.1 Å². The van der Waals surface area contributed by atoms with E-state index in [4.69, 9.17) is 0 Å². The van der Waals surface area contributed by atoms with Crippen LogP contribution in [0.1, 0.15) is 10.4 Å². The average Bonchev–Trinajstić information content (AvgIpc) is 2.30. The number of rotatable bonds is 2. The fourth-order valence-electron chi connectivity index (χ4n) is 1.53. The van der Waals surface area contributed by atoms with Crippen LogP contribution in [0.25, 0.3) is 11.1 Å². The van der Waals surface area contributed by atoms with E-state index in [1.165, 1.54) is 5.56 Å². The smallest absolute Gasteiger partial charge is 0.193 e. The Balaban J connectivity index is 2.36. The fourth-order valence-corrected chi connectivity index (χ4v) is 1.53. The topological polar surface area (TPSA) is 17.1 Å². The summed E-state index contributed by atoms with van der Waals surface area (Å²) in [6, 6.07) is 17.8. The van der Waals surface area contributed by atoms with Crippen LogP contribution >= 0.6 is 0 Å². The summed E-state index contributed by atoms with van der Waals surface area (Å²) in [5, 5.41) is 0. The van der Waals surface area contributed by atoms with Crippen molar-refractivity contribution >= 4 is 13.5 Å². The zero-order chi connectivity index (χ0) is 10.7. The summed E-state index contributed by atoms with van der Waals surface area (Å²) >= 11 is 0. The number of carbonyl (C=O) groups excluding carboxylic acids is 1. The Morgan fingerprint density at radius 1 is 0.800 bits per heavy atom. The predicted octanol–water partition coefficient (Wildman–Crippen LogP) is 2.13. The highest BCUT2D eigenvalue weighted by Gasteiger charge is 1.99. The molecule has 0 radical (unpaired) electrons. The Labute approximate surface area is 90.2 Å². The lowest BCUT2D eigenvalue weighted by Gasteiger charge is -2.02. The maximum Gasteiger partial charge on any atom is 0.193 e. The van der Waals surface area contributed by atoms with E-state index in [2.05, 4.69) is 12.1 Å². The van der Waals surface area contributed by atoms with Crippen molar-refractivity contribution in [1.82, 2.24) is 0 Å². The van der Waals surface area contributed by atoms with Crippen LogP contribution in [0.4, 0.5) is 0 Å². The third-order valence-electron chi connectivity index (χ3n) is 2.40. The molecule has 2 aromatic rings. The van der Waals surface area contributed by atoms with Crippen molar-refractivity contribution in [3.05, 3.63) is 60.2 Å². The molecular formula is C13H11BO. The molecule has 0 spiro atoms. The third kappa shape index (κ3) is 2.16. The molecule has 0 heterocycles. The van der Waals surface area contributed by atoms with E-state index in [0.717, 1.165) is 11.1 Å². The molecule has 0 aliphatic rings. The molecule has 1 nitrogen and oxygen atoms in total. The van der Waals surface area contributed by atoms with E-state index in [0.29, 0.717) is 0 Å². The van der Waals surface area contributed by atoms with E-state index < -0.39 is 0 Å². The van der Waals surface area contributed by atoms with Gasteiger partial charge in [-0.3, -0.25) is 0 Å². The Kier molecular flexibility index (Phi) is 2.68. The zero-order valence-electron chi connectivity index (χ0n) is 8.60. The molecule has 0 amide bonds. The SMILES string of the molecule is BC(=O)c1ccc(-c2ccccc2)cc1. The Hall–Kier alpha value is -1.83. The Morgan fingerprint density at radius 3 is 1.87 bits per heavy atom. The summed E-state index contributed by atoms with van der Waals surface area (Å²) in [7, 11) is 1.58. The summed E-state index contributed by atoms with van der Waals surface area (Å²) in [6.07, 6.45) is 0. The maximum atomic E-state index is 11.1. The van der Waals surface area contributed by atoms with Gasteiger partial charge >= 0.3 is 0 Å². The van der Waals surface area contributed by atoms with Crippen LogP contribution in [-0.4, -0.2) is 13.5 Å². The number of hydrogen-bond donors (Lipinski definition) is 0. The van der Waals surface area contributed by atoms with Crippen molar-refractivity contribution in [1.29, 1.82) is 0 Å². The second-order valence-electron chi connectivity index (χ2n) is 3.50. The van der Waals surface area contributed by atoms with Gasteiger partial charge in [-0.05, 0) is 11.1 Å². The molecule has 0 fully saturated rings.